The number of aromatic nitrogens is 4. The Morgan fingerprint density at radius 3 is 2.78 bits per heavy atom. The van der Waals surface area contributed by atoms with Crippen molar-refractivity contribution in [1.29, 1.82) is 0 Å². The van der Waals surface area contributed by atoms with E-state index in [0.717, 1.165) is 31.6 Å². The molecule has 0 bridgehead atoms. The minimum absolute atomic E-state index is 0.115. The molecule has 1 N–H and O–H groups in total. The van der Waals surface area contributed by atoms with Crippen LogP contribution in [0, 0.1) is 0 Å². The van der Waals surface area contributed by atoms with Crippen molar-refractivity contribution in [3.05, 3.63) is 40.8 Å². The van der Waals surface area contributed by atoms with E-state index in [-0.39, 0.29) is 11.7 Å². The van der Waals surface area contributed by atoms with Crippen LogP contribution in [0.25, 0.3) is 5.69 Å². The standard InChI is InChI=1S/C12H15N5O/c18-12-16(10-5-2-1-3-6-10)14-15-17(12)11-7-4-8-13-9-11/h1-3,5-6,11,13H,4,7-9H2/t11-/m0/s1. The number of para-hydroxylation sites is 1. The van der Waals surface area contributed by atoms with Crippen molar-refractivity contribution in [3.63, 3.8) is 0 Å². The predicted molar refractivity (Wildman–Crippen MR) is 66.8 cm³/mol. The number of benzene rings is 1. The molecule has 0 spiro atoms. The van der Waals surface area contributed by atoms with E-state index in [4.69, 9.17) is 0 Å². The first kappa shape index (κ1) is 11.2. The maximum Gasteiger partial charge on any atom is 0.368 e. The van der Waals surface area contributed by atoms with Crippen LogP contribution in [0.15, 0.2) is 35.1 Å². The van der Waals surface area contributed by atoms with Gasteiger partial charge in [0, 0.05) is 6.54 Å². The molecule has 1 aromatic carbocycles. The molecule has 0 saturated carbocycles. The molecule has 1 atom stereocenters. The molecule has 1 aliphatic rings. The van der Waals surface area contributed by atoms with Gasteiger partial charge in [-0.05, 0) is 41.9 Å². The van der Waals surface area contributed by atoms with Crippen LogP contribution in [0.4, 0.5) is 0 Å². The van der Waals surface area contributed by atoms with E-state index < -0.39 is 0 Å². The number of tetrazole rings is 1. The molecule has 1 aromatic heterocycles. The number of nitrogens with one attached hydrogen (secondary N) is 1. The van der Waals surface area contributed by atoms with Crippen LogP contribution in [0.2, 0.25) is 0 Å². The molecule has 0 aliphatic carbocycles. The minimum Gasteiger partial charge on any atom is -0.315 e. The summed E-state index contributed by atoms with van der Waals surface area (Å²) >= 11 is 0. The van der Waals surface area contributed by atoms with E-state index in [1.54, 1.807) is 0 Å². The molecule has 2 heterocycles. The molecule has 1 saturated heterocycles. The van der Waals surface area contributed by atoms with Crippen molar-refractivity contribution in [1.82, 2.24) is 25.1 Å². The first-order valence-electron chi connectivity index (χ1n) is 6.17. The Morgan fingerprint density at radius 2 is 2.06 bits per heavy atom. The van der Waals surface area contributed by atoms with Gasteiger partial charge < -0.3 is 5.32 Å². The van der Waals surface area contributed by atoms with Gasteiger partial charge >= 0.3 is 5.69 Å². The fourth-order valence-corrected chi connectivity index (χ4v) is 2.26. The van der Waals surface area contributed by atoms with Gasteiger partial charge in [0.2, 0.25) is 0 Å². The first-order valence-corrected chi connectivity index (χ1v) is 6.17. The third-order valence-electron chi connectivity index (χ3n) is 3.22. The SMILES string of the molecule is O=c1n(-c2ccccc2)nnn1[C@H]1CCCNC1. The lowest BCUT2D eigenvalue weighted by molar-refractivity contribution is 0.334. The van der Waals surface area contributed by atoms with Crippen molar-refractivity contribution < 1.29 is 0 Å². The summed E-state index contributed by atoms with van der Waals surface area (Å²) in [6.45, 7) is 1.80. The molecular formula is C12H15N5O. The molecular weight excluding hydrogens is 230 g/mol. The van der Waals surface area contributed by atoms with E-state index in [1.807, 2.05) is 30.3 Å². The Labute approximate surface area is 104 Å². The van der Waals surface area contributed by atoms with Crippen LogP contribution in [-0.4, -0.2) is 32.9 Å². The van der Waals surface area contributed by atoms with Gasteiger partial charge in [-0.1, -0.05) is 18.2 Å². The average Bonchev–Trinajstić information content (AvgIpc) is 2.83. The van der Waals surface area contributed by atoms with E-state index in [0.29, 0.717) is 0 Å². The van der Waals surface area contributed by atoms with Crippen molar-refractivity contribution >= 4 is 0 Å². The summed E-state index contributed by atoms with van der Waals surface area (Å²) in [6, 6.07) is 9.47. The van der Waals surface area contributed by atoms with Crippen LogP contribution in [-0.2, 0) is 0 Å². The molecule has 1 aliphatic heterocycles. The monoisotopic (exact) mass is 245 g/mol. The number of piperidine rings is 1. The van der Waals surface area contributed by atoms with Gasteiger partial charge in [-0.15, -0.1) is 0 Å². The normalized spacial score (nSPS) is 19.9. The third-order valence-corrected chi connectivity index (χ3v) is 3.22. The molecule has 6 nitrogen and oxygen atoms in total. The van der Waals surface area contributed by atoms with Gasteiger partial charge in [0.05, 0.1) is 11.7 Å². The lowest BCUT2D eigenvalue weighted by Crippen LogP contribution is -2.37. The third kappa shape index (κ3) is 1.95. The number of hydrogen-bond donors (Lipinski definition) is 1. The Bertz CT molecular complexity index is 568. The average molecular weight is 245 g/mol. The van der Waals surface area contributed by atoms with Crippen molar-refractivity contribution in [2.45, 2.75) is 18.9 Å². The lowest BCUT2D eigenvalue weighted by atomic mass is 10.1. The number of rotatable bonds is 2. The van der Waals surface area contributed by atoms with Crippen LogP contribution < -0.4 is 11.0 Å². The molecule has 3 rings (SSSR count). The highest BCUT2D eigenvalue weighted by atomic mass is 16.2. The summed E-state index contributed by atoms with van der Waals surface area (Å²) in [6.07, 6.45) is 2.04. The molecule has 2 aromatic rings. The highest BCUT2D eigenvalue weighted by molar-refractivity contribution is 5.28. The second kappa shape index (κ2) is 4.73. The quantitative estimate of drug-likeness (QED) is 0.829. The van der Waals surface area contributed by atoms with E-state index >= 15 is 0 Å². The number of hydrogen-bond acceptors (Lipinski definition) is 4. The zero-order valence-electron chi connectivity index (χ0n) is 9.99. The molecule has 18 heavy (non-hydrogen) atoms. The highest BCUT2D eigenvalue weighted by Crippen LogP contribution is 2.12. The molecule has 94 valence electrons. The van der Waals surface area contributed by atoms with Crippen LogP contribution in [0.1, 0.15) is 18.9 Å². The van der Waals surface area contributed by atoms with E-state index in [2.05, 4.69) is 15.7 Å². The predicted octanol–water partition coefficient (Wildman–Crippen LogP) is 0.353. The molecule has 0 radical (unpaired) electrons. The maximum absolute atomic E-state index is 12.2. The van der Waals surface area contributed by atoms with Crippen LogP contribution in [0.3, 0.4) is 0 Å². The second-order valence-corrected chi connectivity index (χ2v) is 4.45. The zero-order valence-corrected chi connectivity index (χ0v) is 9.99. The largest absolute Gasteiger partial charge is 0.368 e. The minimum atomic E-state index is -0.171. The molecule has 1 fully saturated rings. The van der Waals surface area contributed by atoms with Gasteiger partial charge in [-0.25, -0.2) is 4.79 Å². The lowest BCUT2D eigenvalue weighted by Gasteiger charge is -2.21. The highest BCUT2D eigenvalue weighted by Gasteiger charge is 2.20. The van der Waals surface area contributed by atoms with E-state index in [1.165, 1.54) is 9.36 Å². The second-order valence-electron chi connectivity index (χ2n) is 4.45. The first-order chi connectivity index (χ1) is 8.86. The Kier molecular flexibility index (Phi) is 2.93. The number of nitrogens with zero attached hydrogens (tertiary/aromatic N) is 4. The summed E-state index contributed by atoms with van der Waals surface area (Å²) < 4.78 is 2.83. The van der Waals surface area contributed by atoms with Crippen molar-refractivity contribution in [3.8, 4) is 5.69 Å². The maximum atomic E-state index is 12.2. The van der Waals surface area contributed by atoms with Crippen molar-refractivity contribution in [2.75, 3.05) is 13.1 Å². The Hall–Kier alpha value is -1.95. The van der Waals surface area contributed by atoms with Gasteiger partial charge in [0.1, 0.15) is 0 Å². The van der Waals surface area contributed by atoms with Gasteiger partial charge in [0.25, 0.3) is 0 Å². The summed E-state index contributed by atoms with van der Waals surface area (Å²) in [7, 11) is 0. The Morgan fingerprint density at radius 1 is 1.22 bits per heavy atom. The fourth-order valence-electron chi connectivity index (χ4n) is 2.26. The van der Waals surface area contributed by atoms with Crippen LogP contribution in [0.5, 0.6) is 0 Å². The summed E-state index contributed by atoms with van der Waals surface area (Å²) in [5, 5.41) is 11.2. The summed E-state index contributed by atoms with van der Waals surface area (Å²) in [5.74, 6) is 0. The topological polar surface area (TPSA) is 64.7 Å². The molecule has 6 heteroatoms. The molecule has 0 unspecified atom stereocenters. The van der Waals surface area contributed by atoms with Crippen LogP contribution >= 0.6 is 0 Å². The van der Waals surface area contributed by atoms with Gasteiger partial charge in [-0.2, -0.15) is 9.36 Å². The van der Waals surface area contributed by atoms with Crippen molar-refractivity contribution in [2.24, 2.45) is 0 Å². The fraction of sp³-hybridized carbons (Fsp3) is 0.417. The van der Waals surface area contributed by atoms with Gasteiger partial charge in [-0.3, -0.25) is 0 Å². The summed E-state index contributed by atoms with van der Waals surface area (Å²) in [5.41, 5.74) is 0.576. The zero-order chi connectivity index (χ0) is 12.4. The van der Waals surface area contributed by atoms with E-state index in [9.17, 15) is 4.79 Å². The smallest absolute Gasteiger partial charge is 0.315 e. The Balaban J connectivity index is 1.95. The van der Waals surface area contributed by atoms with Gasteiger partial charge in [0.15, 0.2) is 0 Å². The summed E-state index contributed by atoms with van der Waals surface area (Å²) in [4.78, 5) is 12.2. The molecule has 0 amide bonds.